The van der Waals surface area contributed by atoms with E-state index in [1.54, 1.807) is 0 Å². The lowest BCUT2D eigenvalue weighted by molar-refractivity contribution is 0.962. The van der Waals surface area contributed by atoms with Gasteiger partial charge in [-0.25, -0.2) is 0 Å². The zero-order valence-electron chi connectivity index (χ0n) is 9.86. The summed E-state index contributed by atoms with van der Waals surface area (Å²) in [4.78, 5) is 0. The SMILES string of the molecule is Cc1c(CCN)ccc2c1sc1ccccc12. The van der Waals surface area contributed by atoms with E-state index in [0.29, 0.717) is 0 Å². The summed E-state index contributed by atoms with van der Waals surface area (Å²) < 4.78 is 2.78. The Labute approximate surface area is 105 Å². The monoisotopic (exact) mass is 241 g/mol. The lowest BCUT2D eigenvalue weighted by Crippen LogP contribution is -2.03. The zero-order chi connectivity index (χ0) is 11.8. The smallest absolute Gasteiger partial charge is 0.0387 e. The molecule has 0 saturated heterocycles. The first-order valence-corrected chi connectivity index (χ1v) is 6.72. The molecule has 2 aromatic carbocycles. The fourth-order valence-electron chi connectivity index (χ4n) is 2.39. The first-order valence-electron chi connectivity index (χ1n) is 5.91. The van der Waals surface area contributed by atoms with E-state index >= 15 is 0 Å². The fourth-order valence-corrected chi connectivity index (χ4v) is 3.62. The number of aryl methyl sites for hydroxylation is 1. The zero-order valence-corrected chi connectivity index (χ0v) is 10.7. The summed E-state index contributed by atoms with van der Waals surface area (Å²) in [6.45, 7) is 2.93. The molecular formula is C15H15NS. The van der Waals surface area contributed by atoms with Crippen molar-refractivity contribution in [3.05, 3.63) is 47.5 Å². The van der Waals surface area contributed by atoms with Crippen LogP contribution in [0.3, 0.4) is 0 Å². The molecule has 0 atom stereocenters. The van der Waals surface area contributed by atoms with Gasteiger partial charge in [-0.1, -0.05) is 30.3 Å². The van der Waals surface area contributed by atoms with Crippen LogP contribution in [0, 0.1) is 6.92 Å². The number of benzene rings is 2. The van der Waals surface area contributed by atoms with E-state index in [1.807, 2.05) is 11.3 Å². The lowest BCUT2D eigenvalue weighted by Gasteiger charge is -2.05. The van der Waals surface area contributed by atoms with Crippen LogP contribution in [0.4, 0.5) is 0 Å². The fraction of sp³-hybridized carbons (Fsp3) is 0.200. The van der Waals surface area contributed by atoms with E-state index in [2.05, 4.69) is 43.3 Å². The summed E-state index contributed by atoms with van der Waals surface area (Å²) in [5.74, 6) is 0. The molecule has 0 spiro atoms. The van der Waals surface area contributed by atoms with Gasteiger partial charge in [-0.3, -0.25) is 0 Å². The van der Waals surface area contributed by atoms with Crippen molar-refractivity contribution in [1.82, 2.24) is 0 Å². The van der Waals surface area contributed by atoms with Crippen molar-refractivity contribution < 1.29 is 0 Å². The molecule has 17 heavy (non-hydrogen) atoms. The van der Waals surface area contributed by atoms with Crippen LogP contribution < -0.4 is 5.73 Å². The van der Waals surface area contributed by atoms with E-state index in [0.717, 1.165) is 13.0 Å². The summed E-state index contributed by atoms with van der Waals surface area (Å²) in [6, 6.07) is 13.1. The number of nitrogens with two attached hydrogens (primary N) is 1. The Bertz CT molecular complexity index is 682. The molecule has 2 N–H and O–H groups in total. The van der Waals surface area contributed by atoms with Gasteiger partial charge in [-0.2, -0.15) is 0 Å². The van der Waals surface area contributed by atoms with Crippen LogP contribution in [-0.2, 0) is 6.42 Å². The normalized spacial score (nSPS) is 11.4. The van der Waals surface area contributed by atoms with Gasteiger partial charge in [0, 0.05) is 20.2 Å². The molecule has 2 heteroatoms. The van der Waals surface area contributed by atoms with Crippen molar-refractivity contribution >= 4 is 31.5 Å². The molecule has 3 rings (SSSR count). The van der Waals surface area contributed by atoms with Crippen LogP contribution in [0.2, 0.25) is 0 Å². The van der Waals surface area contributed by atoms with Gasteiger partial charge in [0.2, 0.25) is 0 Å². The maximum absolute atomic E-state index is 5.65. The van der Waals surface area contributed by atoms with Crippen molar-refractivity contribution in [1.29, 1.82) is 0 Å². The van der Waals surface area contributed by atoms with Crippen LogP contribution in [0.15, 0.2) is 36.4 Å². The Morgan fingerprint density at radius 2 is 1.88 bits per heavy atom. The lowest BCUT2D eigenvalue weighted by atomic mass is 10.0. The van der Waals surface area contributed by atoms with Gasteiger partial charge in [-0.05, 0) is 37.1 Å². The van der Waals surface area contributed by atoms with E-state index in [1.165, 1.54) is 31.3 Å². The Morgan fingerprint density at radius 1 is 1.06 bits per heavy atom. The van der Waals surface area contributed by atoms with Crippen molar-refractivity contribution in [2.75, 3.05) is 6.54 Å². The molecule has 0 saturated carbocycles. The first-order chi connectivity index (χ1) is 8.31. The first kappa shape index (κ1) is 10.8. The van der Waals surface area contributed by atoms with Gasteiger partial charge >= 0.3 is 0 Å². The minimum atomic E-state index is 0.719. The van der Waals surface area contributed by atoms with Gasteiger partial charge in [0.15, 0.2) is 0 Å². The second-order valence-corrected chi connectivity index (χ2v) is 5.42. The third kappa shape index (κ3) is 1.65. The van der Waals surface area contributed by atoms with Gasteiger partial charge in [0.05, 0.1) is 0 Å². The molecule has 0 bridgehead atoms. The minimum Gasteiger partial charge on any atom is -0.330 e. The number of thiophene rings is 1. The number of hydrogen-bond acceptors (Lipinski definition) is 2. The second kappa shape index (κ2) is 4.13. The predicted octanol–water partition coefficient (Wildman–Crippen LogP) is 3.86. The Hall–Kier alpha value is -1.38. The second-order valence-electron chi connectivity index (χ2n) is 4.36. The van der Waals surface area contributed by atoms with Crippen molar-refractivity contribution in [3.63, 3.8) is 0 Å². The maximum atomic E-state index is 5.65. The van der Waals surface area contributed by atoms with Crippen LogP contribution >= 0.6 is 11.3 Å². The highest BCUT2D eigenvalue weighted by molar-refractivity contribution is 7.26. The van der Waals surface area contributed by atoms with Crippen LogP contribution in [0.1, 0.15) is 11.1 Å². The standard InChI is InChI=1S/C15H15NS/c1-10-11(8-9-16)6-7-13-12-4-2-3-5-14(12)17-15(10)13/h2-7H,8-9,16H2,1H3. The highest BCUT2D eigenvalue weighted by Crippen LogP contribution is 2.36. The maximum Gasteiger partial charge on any atom is 0.0387 e. The van der Waals surface area contributed by atoms with Crippen molar-refractivity contribution in [3.8, 4) is 0 Å². The Morgan fingerprint density at radius 3 is 2.71 bits per heavy atom. The molecular weight excluding hydrogens is 226 g/mol. The third-order valence-corrected chi connectivity index (χ3v) is 4.63. The molecule has 0 fully saturated rings. The molecule has 0 amide bonds. The molecule has 3 aromatic rings. The van der Waals surface area contributed by atoms with E-state index < -0.39 is 0 Å². The minimum absolute atomic E-state index is 0.719. The predicted molar refractivity (Wildman–Crippen MR) is 76.8 cm³/mol. The Balaban J connectivity index is 2.36. The summed E-state index contributed by atoms with van der Waals surface area (Å²) in [5, 5.41) is 2.75. The Kier molecular flexibility index (Phi) is 2.61. The molecule has 0 aliphatic carbocycles. The van der Waals surface area contributed by atoms with Gasteiger partial charge < -0.3 is 5.73 Å². The van der Waals surface area contributed by atoms with Gasteiger partial charge in [0.25, 0.3) is 0 Å². The average Bonchev–Trinajstić information content (AvgIpc) is 2.73. The average molecular weight is 241 g/mol. The third-order valence-electron chi connectivity index (χ3n) is 3.32. The number of fused-ring (bicyclic) bond motifs is 3. The molecule has 86 valence electrons. The molecule has 1 heterocycles. The molecule has 1 nitrogen and oxygen atoms in total. The molecule has 0 radical (unpaired) electrons. The van der Waals surface area contributed by atoms with Crippen LogP contribution in [-0.4, -0.2) is 6.54 Å². The van der Waals surface area contributed by atoms with Crippen LogP contribution in [0.5, 0.6) is 0 Å². The quantitative estimate of drug-likeness (QED) is 0.724. The van der Waals surface area contributed by atoms with Crippen molar-refractivity contribution in [2.24, 2.45) is 5.73 Å². The van der Waals surface area contributed by atoms with E-state index in [4.69, 9.17) is 5.73 Å². The largest absolute Gasteiger partial charge is 0.330 e. The highest BCUT2D eigenvalue weighted by atomic mass is 32.1. The van der Waals surface area contributed by atoms with E-state index in [-0.39, 0.29) is 0 Å². The van der Waals surface area contributed by atoms with Crippen LogP contribution in [0.25, 0.3) is 20.2 Å². The summed E-state index contributed by atoms with van der Waals surface area (Å²) in [6.07, 6.45) is 0.968. The topological polar surface area (TPSA) is 26.0 Å². The molecule has 1 aromatic heterocycles. The highest BCUT2D eigenvalue weighted by Gasteiger charge is 2.08. The van der Waals surface area contributed by atoms with Gasteiger partial charge in [0.1, 0.15) is 0 Å². The van der Waals surface area contributed by atoms with Crippen molar-refractivity contribution in [2.45, 2.75) is 13.3 Å². The molecule has 0 unspecified atom stereocenters. The summed E-state index contributed by atoms with van der Waals surface area (Å²) in [7, 11) is 0. The summed E-state index contributed by atoms with van der Waals surface area (Å²) in [5.41, 5.74) is 8.43. The number of hydrogen-bond donors (Lipinski definition) is 1. The molecule has 0 aliphatic rings. The van der Waals surface area contributed by atoms with E-state index in [9.17, 15) is 0 Å². The number of rotatable bonds is 2. The van der Waals surface area contributed by atoms with Gasteiger partial charge in [-0.15, -0.1) is 11.3 Å². The molecule has 0 aliphatic heterocycles. The summed E-state index contributed by atoms with van der Waals surface area (Å²) >= 11 is 1.89.